The molecule has 0 saturated heterocycles. The van der Waals surface area contributed by atoms with Crippen molar-refractivity contribution in [2.75, 3.05) is 13.6 Å². The van der Waals surface area contributed by atoms with Gasteiger partial charge in [0.1, 0.15) is 0 Å². The summed E-state index contributed by atoms with van der Waals surface area (Å²) in [6.07, 6.45) is 0.313. The number of hydrogen-bond donors (Lipinski definition) is 1. The Balaban J connectivity index is 2.27. The van der Waals surface area contributed by atoms with Crippen molar-refractivity contribution in [3.8, 4) is 0 Å². The van der Waals surface area contributed by atoms with Gasteiger partial charge < -0.3 is 5.32 Å². The lowest BCUT2D eigenvalue weighted by Crippen LogP contribution is -2.19. The molecule has 4 heteroatoms. The third-order valence-corrected chi connectivity index (χ3v) is 3.30. The van der Waals surface area contributed by atoms with Crippen LogP contribution in [0.15, 0.2) is 42.5 Å². The topological polar surface area (TPSA) is 12.0 Å². The second-order valence-corrected chi connectivity index (χ2v) is 4.70. The van der Waals surface area contributed by atoms with Crippen molar-refractivity contribution in [1.82, 2.24) is 5.32 Å². The zero-order valence-electron chi connectivity index (χ0n) is 11.2. The summed E-state index contributed by atoms with van der Waals surface area (Å²) in [6.45, 7) is 0.627. The summed E-state index contributed by atoms with van der Waals surface area (Å²) in [5.41, 5.74) is 1.22. The second kappa shape index (κ2) is 6.57. The van der Waals surface area contributed by atoms with Crippen molar-refractivity contribution in [1.29, 1.82) is 0 Å². The van der Waals surface area contributed by atoms with E-state index in [-0.39, 0.29) is 11.5 Å². The van der Waals surface area contributed by atoms with E-state index in [0.29, 0.717) is 13.0 Å². The van der Waals surface area contributed by atoms with Gasteiger partial charge in [0.25, 0.3) is 0 Å². The maximum atomic E-state index is 13.7. The minimum absolute atomic E-state index is 0.000520. The van der Waals surface area contributed by atoms with Crippen molar-refractivity contribution in [2.24, 2.45) is 0 Å². The Labute approximate surface area is 116 Å². The van der Waals surface area contributed by atoms with Gasteiger partial charge in [-0.3, -0.25) is 0 Å². The summed E-state index contributed by atoms with van der Waals surface area (Å²) in [5, 5.41) is 3.04. The first-order chi connectivity index (χ1) is 9.63. The minimum Gasteiger partial charge on any atom is -0.319 e. The lowest BCUT2D eigenvalue weighted by atomic mass is 9.91. The van der Waals surface area contributed by atoms with Crippen LogP contribution in [-0.4, -0.2) is 13.6 Å². The molecule has 20 heavy (non-hydrogen) atoms. The minimum atomic E-state index is -1.40. The Kier molecular flexibility index (Phi) is 4.79. The van der Waals surface area contributed by atoms with Gasteiger partial charge in [0.05, 0.1) is 0 Å². The highest BCUT2D eigenvalue weighted by atomic mass is 19.2. The Morgan fingerprint density at radius 1 is 0.950 bits per heavy atom. The first kappa shape index (κ1) is 14.6. The zero-order valence-corrected chi connectivity index (χ0v) is 11.2. The molecular formula is C16H16F3N. The Hall–Kier alpha value is -1.81. The molecule has 2 aromatic carbocycles. The standard InChI is InChI=1S/C16H16F3N/c1-20-10-13(11-5-3-2-4-6-11)9-12-7-8-14(17)16(19)15(12)18/h2-8,13,20H,9-10H2,1H3. The van der Waals surface area contributed by atoms with Crippen LogP contribution >= 0.6 is 0 Å². The fourth-order valence-corrected chi connectivity index (χ4v) is 2.27. The molecule has 0 spiro atoms. The van der Waals surface area contributed by atoms with Gasteiger partial charge in [0, 0.05) is 12.5 Å². The summed E-state index contributed by atoms with van der Waals surface area (Å²) < 4.78 is 39.9. The summed E-state index contributed by atoms with van der Waals surface area (Å²) in [5.74, 6) is -3.66. The van der Waals surface area contributed by atoms with Crippen LogP contribution in [0, 0.1) is 17.5 Å². The molecular weight excluding hydrogens is 263 g/mol. The van der Waals surface area contributed by atoms with E-state index in [2.05, 4.69) is 5.32 Å². The third-order valence-electron chi connectivity index (χ3n) is 3.30. The Bertz CT molecular complexity index is 569. The molecule has 0 heterocycles. The van der Waals surface area contributed by atoms with Crippen LogP contribution in [0.3, 0.4) is 0 Å². The van der Waals surface area contributed by atoms with Gasteiger partial charge >= 0.3 is 0 Å². The van der Waals surface area contributed by atoms with Crippen LogP contribution in [0.4, 0.5) is 13.2 Å². The van der Waals surface area contributed by atoms with Crippen molar-refractivity contribution in [3.63, 3.8) is 0 Å². The predicted octanol–water partition coefficient (Wildman–Crippen LogP) is 3.65. The summed E-state index contributed by atoms with van der Waals surface area (Å²) >= 11 is 0. The van der Waals surface area contributed by atoms with E-state index in [9.17, 15) is 13.2 Å². The SMILES string of the molecule is CNCC(Cc1ccc(F)c(F)c1F)c1ccccc1. The largest absolute Gasteiger partial charge is 0.319 e. The van der Waals surface area contributed by atoms with Crippen molar-refractivity contribution in [3.05, 3.63) is 71.0 Å². The number of halogens is 3. The van der Waals surface area contributed by atoms with Crippen LogP contribution in [-0.2, 0) is 6.42 Å². The lowest BCUT2D eigenvalue weighted by Gasteiger charge is -2.17. The van der Waals surface area contributed by atoms with Crippen LogP contribution in [0.25, 0.3) is 0 Å². The quantitative estimate of drug-likeness (QED) is 0.824. The molecule has 0 aliphatic carbocycles. The smallest absolute Gasteiger partial charge is 0.194 e. The van der Waals surface area contributed by atoms with Crippen LogP contribution in [0.5, 0.6) is 0 Å². The third kappa shape index (κ3) is 3.20. The normalized spacial score (nSPS) is 12.4. The summed E-state index contributed by atoms with van der Waals surface area (Å²) in [7, 11) is 1.80. The number of benzene rings is 2. The molecule has 0 radical (unpaired) electrons. The Morgan fingerprint density at radius 2 is 1.65 bits per heavy atom. The number of likely N-dealkylation sites (N-methyl/N-ethyl adjacent to an activating group) is 1. The lowest BCUT2D eigenvalue weighted by molar-refractivity contribution is 0.438. The average molecular weight is 279 g/mol. The maximum Gasteiger partial charge on any atom is 0.194 e. The van der Waals surface area contributed by atoms with Crippen molar-refractivity contribution in [2.45, 2.75) is 12.3 Å². The van der Waals surface area contributed by atoms with Gasteiger partial charge in [-0.25, -0.2) is 13.2 Å². The molecule has 1 unspecified atom stereocenters. The summed E-state index contributed by atoms with van der Waals surface area (Å²) in [4.78, 5) is 0. The van der Waals surface area contributed by atoms with Gasteiger partial charge in [-0.05, 0) is 30.7 Å². The molecule has 0 bridgehead atoms. The van der Waals surface area contributed by atoms with Gasteiger partial charge in [0.15, 0.2) is 17.5 Å². The van der Waals surface area contributed by atoms with Crippen molar-refractivity contribution >= 4 is 0 Å². The van der Waals surface area contributed by atoms with E-state index in [1.54, 1.807) is 7.05 Å². The molecule has 0 saturated carbocycles. The molecule has 0 aliphatic rings. The molecule has 0 aliphatic heterocycles. The number of rotatable bonds is 5. The average Bonchev–Trinajstić information content (AvgIpc) is 2.48. The van der Waals surface area contributed by atoms with Gasteiger partial charge in [-0.2, -0.15) is 0 Å². The van der Waals surface area contributed by atoms with Crippen molar-refractivity contribution < 1.29 is 13.2 Å². The van der Waals surface area contributed by atoms with Gasteiger partial charge in [-0.1, -0.05) is 36.4 Å². The molecule has 2 rings (SSSR count). The van der Waals surface area contributed by atoms with Crippen LogP contribution < -0.4 is 5.32 Å². The Morgan fingerprint density at radius 3 is 2.30 bits per heavy atom. The monoisotopic (exact) mass is 279 g/mol. The molecule has 106 valence electrons. The van der Waals surface area contributed by atoms with Gasteiger partial charge in [-0.15, -0.1) is 0 Å². The van der Waals surface area contributed by atoms with Crippen LogP contribution in [0.1, 0.15) is 17.0 Å². The fraction of sp³-hybridized carbons (Fsp3) is 0.250. The molecule has 2 aromatic rings. The molecule has 1 nitrogen and oxygen atoms in total. The highest BCUT2D eigenvalue weighted by Gasteiger charge is 2.18. The number of hydrogen-bond acceptors (Lipinski definition) is 1. The first-order valence-corrected chi connectivity index (χ1v) is 6.45. The zero-order chi connectivity index (χ0) is 14.5. The van der Waals surface area contributed by atoms with E-state index < -0.39 is 17.5 Å². The van der Waals surface area contributed by atoms with E-state index in [1.807, 2.05) is 30.3 Å². The predicted molar refractivity (Wildman–Crippen MR) is 73.1 cm³/mol. The van der Waals surface area contributed by atoms with E-state index in [4.69, 9.17) is 0 Å². The molecule has 1 atom stereocenters. The van der Waals surface area contributed by atoms with Gasteiger partial charge in [0.2, 0.25) is 0 Å². The highest BCUT2D eigenvalue weighted by molar-refractivity contribution is 5.26. The molecule has 0 fully saturated rings. The number of nitrogens with one attached hydrogen (secondary N) is 1. The molecule has 1 N–H and O–H groups in total. The van der Waals surface area contributed by atoms with E-state index in [1.165, 1.54) is 6.07 Å². The molecule has 0 aromatic heterocycles. The van der Waals surface area contributed by atoms with E-state index in [0.717, 1.165) is 11.6 Å². The molecule has 0 amide bonds. The van der Waals surface area contributed by atoms with Crippen LogP contribution in [0.2, 0.25) is 0 Å². The van der Waals surface area contributed by atoms with E-state index >= 15 is 0 Å². The first-order valence-electron chi connectivity index (χ1n) is 6.45. The maximum absolute atomic E-state index is 13.7. The highest BCUT2D eigenvalue weighted by Crippen LogP contribution is 2.24. The fourth-order valence-electron chi connectivity index (χ4n) is 2.27. The second-order valence-electron chi connectivity index (χ2n) is 4.70. The summed E-state index contributed by atoms with van der Waals surface area (Å²) in [6, 6.07) is 11.9.